The van der Waals surface area contributed by atoms with Crippen molar-refractivity contribution < 1.29 is 66.5 Å². The van der Waals surface area contributed by atoms with E-state index in [2.05, 4.69) is 25.6 Å². The van der Waals surface area contributed by atoms with Crippen LogP contribution in [0.1, 0.15) is 5.69 Å². The van der Waals surface area contributed by atoms with Gasteiger partial charge in [-0.25, -0.2) is 17.7 Å². The number of nitrogens with one attached hydrogen (secondary N) is 2. The number of rotatable bonds is 8. The zero-order valence-corrected chi connectivity index (χ0v) is 19.7. The summed E-state index contributed by atoms with van der Waals surface area (Å²) in [5, 5.41) is 9.28. The Morgan fingerprint density at radius 1 is 1.47 bits per heavy atom. The number of hydrogen-bond acceptors (Lipinski definition) is 11. The fourth-order valence-electron chi connectivity index (χ4n) is 2.23. The molecule has 2 heterocycles. The van der Waals surface area contributed by atoms with Gasteiger partial charge in [-0.3, -0.25) is 19.2 Å². The molecule has 1 aliphatic rings. The normalized spacial score (nSPS) is 18.7. The number of amides is 4. The molecule has 18 heteroatoms. The number of aromatic nitrogens is 1. The molecule has 0 spiro atoms. The van der Waals surface area contributed by atoms with Crippen molar-refractivity contribution in [2.45, 2.75) is 12.1 Å². The molecule has 0 radical (unpaired) electrons. The largest absolute Gasteiger partial charge is 1.00 e. The molecular formula is C12H12ClN6NaO8S2. The van der Waals surface area contributed by atoms with Gasteiger partial charge in [0.2, 0.25) is 11.8 Å². The molecule has 1 aromatic rings. The van der Waals surface area contributed by atoms with E-state index in [1.165, 1.54) is 5.38 Å². The van der Waals surface area contributed by atoms with E-state index in [1.54, 1.807) is 0 Å². The first-order valence-electron chi connectivity index (χ1n) is 7.33. The molecule has 1 fully saturated rings. The molecule has 0 aromatic carbocycles. The smallest absolute Gasteiger partial charge is 0.731 e. The first-order valence-corrected chi connectivity index (χ1v) is 10.1. The van der Waals surface area contributed by atoms with E-state index in [9.17, 15) is 32.1 Å². The Balaban J connectivity index is 0.00000450. The number of oxime groups is 1. The third-order valence-corrected chi connectivity index (χ3v) is 5.27. The minimum Gasteiger partial charge on any atom is -0.731 e. The summed E-state index contributed by atoms with van der Waals surface area (Å²) in [6.45, 7) is 0. The Labute approximate surface area is 200 Å². The van der Waals surface area contributed by atoms with Gasteiger partial charge in [-0.2, -0.15) is 0 Å². The van der Waals surface area contributed by atoms with E-state index in [0.29, 0.717) is 0 Å². The van der Waals surface area contributed by atoms with Crippen LogP contribution < -0.4 is 45.9 Å². The van der Waals surface area contributed by atoms with Gasteiger partial charge in [-0.1, -0.05) is 5.16 Å². The second-order valence-corrected chi connectivity index (χ2v) is 7.61. The summed E-state index contributed by atoms with van der Waals surface area (Å²) in [4.78, 5) is 55.6. The van der Waals surface area contributed by atoms with Crippen molar-refractivity contribution >= 4 is 67.7 Å². The predicted octanol–water partition coefficient (Wildman–Crippen LogP) is -5.68. The number of halogens is 1. The van der Waals surface area contributed by atoms with E-state index in [4.69, 9.17) is 17.3 Å². The van der Waals surface area contributed by atoms with Crippen LogP contribution in [0.4, 0.5) is 5.13 Å². The van der Waals surface area contributed by atoms with Gasteiger partial charge in [0.1, 0.15) is 24.7 Å². The van der Waals surface area contributed by atoms with Crippen LogP contribution in [-0.2, 0) is 34.3 Å². The first-order chi connectivity index (χ1) is 13.5. The number of anilines is 1. The van der Waals surface area contributed by atoms with Crippen LogP contribution in [0.25, 0.3) is 0 Å². The molecule has 0 saturated carbocycles. The van der Waals surface area contributed by atoms with Crippen molar-refractivity contribution in [1.82, 2.24) is 14.6 Å². The van der Waals surface area contributed by atoms with Gasteiger partial charge in [0.25, 0.3) is 11.8 Å². The van der Waals surface area contributed by atoms with Gasteiger partial charge in [0, 0.05) is 5.38 Å². The summed E-state index contributed by atoms with van der Waals surface area (Å²) >= 11 is 6.29. The van der Waals surface area contributed by atoms with Crippen molar-refractivity contribution in [3.63, 3.8) is 0 Å². The zero-order valence-electron chi connectivity index (χ0n) is 15.3. The second kappa shape index (κ2) is 10.5. The summed E-state index contributed by atoms with van der Waals surface area (Å²) in [6, 6.07) is -3.61. The number of nitrogens with zero attached hydrogens (tertiary/aromatic N) is 3. The average molecular weight is 491 g/mol. The standard InChI is InChI=1S/C12H13ClN6O8S2.Na/c1-27-18-6(4-3-28-12(15-4)16-5(20)2-13)10(22)17-7-8(9(14)21)19(11(7)23)29(24,25)26;/h3,7-8H,2H2,1H3,(H2,14,21)(H,17,22)(H,15,16,20)(H,24,25,26);/q;+1/p-1/b18-6-;/t7-,8-;/m1./s1. The number of carbonyl (C=O) groups is 4. The molecule has 1 aromatic heterocycles. The van der Waals surface area contributed by atoms with E-state index < -0.39 is 51.7 Å². The maximum Gasteiger partial charge on any atom is 1.00 e. The Bertz CT molecular complexity index is 999. The van der Waals surface area contributed by atoms with E-state index in [-0.39, 0.29) is 50.6 Å². The first kappa shape index (κ1) is 26.2. The number of primary amides is 1. The predicted molar refractivity (Wildman–Crippen MR) is 96.5 cm³/mol. The molecular weight excluding hydrogens is 479 g/mol. The third-order valence-electron chi connectivity index (χ3n) is 3.38. The van der Waals surface area contributed by atoms with Gasteiger partial charge in [-0.15, -0.1) is 22.9 Å². The van der Waals surface area contributed by atoms with E-state index in [0.717, 1.165) is 18.4 Å². The van der Waals surface area contributed by atoms with Crippen LogP contribution in [-0.4, -0.2) is 76.7 Å². The molecule has 14 nitrogen and oxygen atoms in total. The summed E-state index contributed by atoms with van der Waals surface area (Å²) in [6.07, 6.45) is 0. The number of β-lactam (4-membered cyclic amide) rings is 1. The monoisotopic (exact) mass is 490 g/mol. The topological polar surface area (TPSA) is 213 Å². The summed E-state index contributed by atoms with van der Waals surface area (Å²) in [5.41, 5.74) is 4.48. The minimum atomic E-state index is -5.31. The Morgan fingerprint density at radius 3 is 2.60 bits per heavy atom. The van der Waals surface area contributed by atoms with Crippen molar-refractivity contribution in [2.75, 3.05) is 18.3 Å². The molecule has 2 rings (SSSR count). The van der Waals surface area contributed by atoms with Crippen LogP contribution in [0.2, 0.25) is 0 Å². The minimum absolute atomic E-state index is 0. The molecule has 1 aliphatic heterocycles. The maximum absolute atomic E-state index is 12.5. The number of alkyl halides is 1. The average Bonchev–Trinajstić information content (AvgIpc) is 3.07. The molecule has 158 valence electrons. The van der Waals surface area contributed by atoms with Crippen molar-refractivity contribution in [3.05, 3.63) is 11.1 Å². The molecule has 2 atom stereocenters. The number of hydrogen-bond donors (Lipinski definition) is 3. The summed E-state index contributed by atoms with van der Waals surface area (Å²) in [7, 11) is -4.19. The molecule has 4 amide bonds. The summed E-state index contributed by atoms with van der Waals surface area (Å²) in [5.74, 6) is -4.63. The quantitative estimate of drug-likeness (QED) is 0.0789. The fraction of sp³-hybridized carbons (Fsp3) is 0.333. The molecule has 4 N–H and O–H groups in total. The van der Waals surface area contributed by atoms with Gasteiger partial charge in [0.05, 0.1) is 0 Å². The maximum atomic E-state index is 12.5. The summed E-state index contributed by atoms with van der Waals surface area (Å²) < 4.78 is 33.0. The Kier molecular flexibility index (Phi) is 9.15. The zero-order chi connectivity index (χ0) is 21.9. The van der Waals surface area contributed by atoms with E-state index >= 15 is 0 Å². The van der Waals surface area contributed by atoms with Crippen molar-refractivity contribution in [1.29, 1.82) is 0 Å². The molecule has 0 bridgehead atoms. The number of carbonyl (C=O) groups excluding carboxylic acids is 4. The van der Waals surface area contributed by atoms with Crippen LogP contribution in [0.5, 0.6) is 0 Å². The van der Waals surface area contributed by atoms with Crippen LogP contribution in [0, 0.1) is 0 Å². The molecule has 0 unspecified atom stereocenters. The van der Waals surface area contributed by atoms with Crippen LogP contribution in [0.3, 0.4) is 0 Å². The van der Waals surface area contributed by atoms with Crippen LogP contribution in [0.15, 0.2) is 10.5 Å². The second-order valence-electron chi connectivity index (χ2n) is 5.23. The number of nitrogens with two attached hydrogens (primary N) is 1. The van der Waals surface area contributed by atoms with E-state index in [1.807, 2.05) is 0 Å². The van der Waals surface area contributed by atoms with Gasteiger partial charge in [-0.05, 0) is 0 Å². The van der Waals surface area contributed by atoms with Gasteiger partial charge in [0.15, 0.2) is 27.2 Å². The van der Waals surface area contributed by atoms with Crippen molar-refractivity contribution in [3.8, 4) is 0 Å². The SMILES string of the molecule is CO/N=C(\C(=O)N[C@H]1C(=O)N(S(=O)(=O)[O-])[C@H]1C(N)=O)c1csc(NC(=O)CCl)n1.[Na+]. The van der Waals surface area contributed by atoms with Gasteiger partial charge < -0.3 is 25.8 Å². The molecule has 30 heavy (non-hydrogen) atoms. The van der Waals surface area contributed by atoms with Crippen molar-refractivity contribution in [2.24, 2.45) is 10.9 Å². The Hall–Kier alpha value is -1.82. The van der Waals surface area contributed by atoms with Crippen LogP contribution >= 0.6 is 22.9 Å². The van der Waals surface area contributed by atoms with Gasteiger partial charge >= 0.3 is 29.6 Å². The molecule has 1 saturated heterocycles. The number of thiazole rings is 1. The Morgan fingerprint density at radius 2 is 2.10 bits per heavy atom. The third kappa shape index (κ3) is 5.65. The molecule has 0 aliphatic carbocycles. The fourth-order valence-corrected chi connectivity index (χ4v) is 3.85.